The van der Waals surface area contributed by atoms with Gasteiger partial charge in [0.25, 0.3) is 20.0 Å². The van der Waals surface area contributed by atoms with E-state index in [2.05, 4.69) is 19.4 Å². The zero-order valence-corrected chi connectivity index (χ0v) is 17.0. The summed E-state index contributed by atoms with van der Waals surface area (Å²) < 4.78 is 54.0. The highest BCUT2D eigenvalue weighted by molar-refractivity contribution is 7.94. The second-order valence-corrected chi connectivity index (χ2v) is 10.2. The summed E-state index contributed by atoms with van der Waals surface area (Å²) in [5, 5.41) is 1.68. The molecule has 0 atom stereocenters. The number of hydrogen-bond acceptors (Lipinski definition) is 7. The Kier molecular flexibility index (Phi) is 5.38. The van der Waals surface area contributed by atoms with Crippen LogP contribution >= 0.6 is 22.9 Å². The van der Waals surface area contributed by atoms with Crippen LogP contribution in [0.2, 0.25) is 5.02 Å². The van der Waals surface area contributed by atoms with Crippen LogP contribution in [0.5, 0.6) is 0 Å². The van der Waals surface area contributed by atoms with E-state index in [9.17, 15) is 16.8 Å². The van der Waals surface area contributed by atoms with Crippen molar-refractivity contribution in [2.75, 3.05) is 9.44 Å². The van der Waals surface area contributed by atoms with E-state index in [1.165, 1.54) is 36.5 Å². The first-order chi connectivity index (χ1) is 12.7. The van der Waals surface area contributed by atoms with E-state index in [0.717, 1.165) is 11.3 Å². The Morgan fingerprint density at radius 1 is 0.963 bits per heavy atom. The van der Waals surface area contributed by atoms with Gasteiger partial charge in [-0.25, -0.2) is 31.5 Å². The minimum Gasteiger partial charge on any atom is -0.279 e. The van der Waals surface area contributed by atoms with Gasteiger partial charge in [-0.1, -0.05) is 11.6 Å². The van der Waals surface area contributed by atoms with Crippen molar-refractivity contribution < 1.29 is 16.8 Å². The molecule has 142 valence electrons. The van der Waals surface area contributed by atoms with Crippen LogP contribution in [0.1, 0.15) is 5.69 Å². The quantitative estimate of drug-likeness (QED) is 0.603. The van der Waals surface area contributed by atoms with Gasteiger partial charge in [0, 0.05) is 17.6 Å². The largest absolute Gasteiger partial charge is 0.279 e. The molecule has 2 N–H and O–H groups in total. The molecule has 8 nitrogen and oxygen atoms in total. The van der Waals surface area contributed by atoms with Crippen molar-refractivity contribution in [1.82, 2.24) is 9.97 Å². The predicted molar refractivity (Wildman–Crippen MR) is 104 cm³/mol. The number of sulfonamides is 2. The van der Waals surface area contributed by atoms with Crippen molar-refractivity contribution >= 4 is 54.6 Å². The normalized spacial score (nSPS) is 11.9. The van der Waals surface area contributed by atoms with E-state index in [1.807, 2.05) is 0 Å². The van der Waals surface area contributed by atoms with Crippen molar-refractivity contribution in [1.29, 1.82) is 0 Å². The van der Waals surface area contributed by atoms with E-state index in [1.54, 1.807) is 18.4 Å². The van der Waals surface area contributed by atoms with Gasteiger partial charge in [-0.05, 0) is 48.7 Å². The van der Waals surface area contributed by atoms with Gasteiger partial charge in [0.1, 0.15) is 0 Å². The smallest absolute Gasteiger partial charge is 0.272 e. The average Bonchev–Trinajstić information content (AvgIpc) is 3.02. The van der Waals surface area contributed by atoms with Crippen LogP contribution in [0.4, 0.5) is 11.6 Å². The Labute approximate surface area is 165 Å². The molecule has 2 heterocycles. The Bertz CT molecular complexity index is 1180. The molecule has 3 aromatic rings. The summed E-state index contributed by atoms with van der Waals surface area (Å²) in [5.74, 6) is -0.0490. The zero-order chi connectivity index (χ0) is 19.7. The molecule has 0 aliphatic rings. The fourth-order valence-corrected chi connectivity index (χ4v) is 5.75. The number of aromatic nitrogens is 2. The van der Waals surface area contributed by atoms with Crippen molar-refractivity contribution in [3.05, 3.63) is 58.7 Å². The summed E-state index contributed by atoms with van der Waals surface area (Å²) in [5.41, 5.74) is 0.810. The maximum absolute atomic E-state index is 12.4. The second-order valence-electron chi connectivity index (χ2n) is 5.31. The summed E-state index contributed by atoms with van der Waals surface area (Å²) in [4.78, 5) is 7.77. The molecule has 0 radical (unpaired) electrons. The van der Waals surface area contributed by atoms with Crippen LogP contribution in [0.25, 0.3) is 0 Å². The van der Waals surface area contributed by atoms with Gasteiger partial charge in [-0.15, -0.1) is 11.3 Å². The van der Waals surface area contributed by atoms with Gasteiger partial charge >= 0.3 is 0 Å². The van der Waals surface area contributed by atoms with E-state index in [0.29, 0.717) is 5.69 Å². The lowest BCUT2D eigenvalue weighted by Gasteiger charge is -2.09. The lowest BCUT2D eigenvalue weighted by atomic mass is 10.3. The summed E-state index contributed by atoms with van der Waals surface area (Å²) in [6.07, 6.45) is 1.44. The first-order valence-corrected chi connectivity index (χ1v) is 11.6. The molecular weight excluding hydrogens is 432 g/mol. The maximum atomic E-state index is 12.4. The number of nitrogens with one attached hydrogen (secondary N) is 2. The molecule has 1 aromatic carbocycles. The van der Waals surface area contributed by atoms with Gasteiger partial charge < -0.3 is 0 Å². The SMILES string of the molecule is Cc1ccnc(NS(=O)(=O)c2ccc(NS(=O)(=O)c3sccc3Cl)cc2)n1. The highest BCUT2D eigenvalue weighted by Crippen LogP contribution is 2.29. The van der Waals surface area contributed by atoms with Crippen LogP contribution in [-0.4, -0.2) is 26.8 Å². The lowest BCUT2D eigenvalue weighted by molar-refractivity contribution is 0.600. The molecule has 0 fully saturated rings. The maximum Gasteiger partial charge on any atom is 0.272 e. The number of thiophene rings is 1. The third kappa shape index (κ3) is 4.56. The van der Waals surface area contributed by atoms with E-state index in [4.69, 9.17) is 11.6 Å². The van der Waals surface area contributed by atoms with Gasteiger partial charge in [0.15, 0.2) is 4.21 Å². The zero-order valence-electron chi connectivity index (χ0n) is 13.7. The average molecular weight is 445 g/mol. The minimum atomic E-state index is -3.91. The monoisotopic (exact) mass is 444 g/mol. The Balaban J connectivity index is 1.80. The Morgan fingerprint density at radius 3 is 2.26 bits per heavy atom. The van der Waals surface area contributed by atoms with Gasteiger partial charge in [0.05, 0.1) is 9.92 Å². The molecule has 0 bridgehead atoms. The predicted octanol–water partition coefficient (Wildman–Crippen LogP) is 3.10. The number of hydrogen-bond donors (Lipinski definition) is 2. The third-order valence-electron chi connectivity index (χ3n) is 3.27. The van der Waals surface area contributed by atoms with Crippen molar-refractivity contribution in [3.63, 3.8) is 0 Å². The van der Waals surface area contributed by atoms with E-state index in [-0.39, 0.29) is 25.8 Å². The topological polar surface area (TPSA) is 118 Å². The Hall–Kier alpha value is -2.21. The molecule has 3 rings (SSSR count). The molecular formula is C15H13ClN4O4S3. The molecule has 2 aromatic heterocycles. The number of nitrogens with zero attached hydrogens (tertiary/aromatic N) is 2. The van der Waals surface area contributed by atoms with Crippen LogP contribution in [0, 0.1) is 6.92 Å². The third-order valence-corrected chi connectivity index (χ3v) is 8.01. The molecule has 0 saturated carbocycles. The van der Waals surface area contributed by atoms with Crippen LogP contribution < -0.4 is 9.44 Å². The number of aryl methyl sites for hydroxylation is 1. The fourth-order valence-electron chi connectivity index (χ4n) is 2.05. The van der Waals surface area contributed by atoms with Gasteiger partial charge in [0.2, 0.25) is 5.95 Å². The second kappa shape index (κ2) is 7.43. The first-order valence-electron chi connectivity index (χ1n) is 7.36. The van der Waals surface area contributed by atoms with Crippen molar-refractivity contribution in [2.24, 2.45) is 0 Å². The molecule has 0 unspecified atom stereocenters. The molecule has 0 saturated heterocycles. The molecule has 27 heavy (non-hydrogen) atoms. The molecule has 0 aliphatic carbocycles. The summed E-state index contributed by atoms with van der Waals surface area (Å²) in [6, 6.07) is 8.33. The van der Waals surface area contributed by atoms with Crippen LogP contribution in [0.3, 0.4) is 0 Å². The Morgan fingerprint density at radius 2 is 1.67 bits per heavy atom. The van der Waals surface area contributed by atoms with Crippen LogP contribution in [0.15, 0.2) is 57.1 Å². The highest BCUT2D eigenvalue weighted by Gasteiger charge is 2.20. The van der Waals surface area contributed by atoms with E-state index < -0.39 is 20.0 Å². The standard InChI is InChI=1S/C15H13ClN4O4S3/c1-10-6-8-17-15(18-10)20-26(21,22)12-4-2-11(3-5-12)19-27(23,24)14-13(16)7-9-25-14/h2-9,19H,1H3,(H,17,18,20). The number of anilines is 2. The first kappa shape index (κ1) is 19.5. The summed E-state index contributed by atoms with van der Waals surface area (Å²) in [7, 11) is -7.76. The lowest BCUT2D eigenvalue weighted by Crippen LogP contribution is -2.15. The number of halogens is 1. The molecule has 0 amide bonds. The molecule has 0 aliphatic heterocycles. The van der Waals surface area contributed by atoms with Gasteiger partial charge in [-0.2, -0.15) is 0 Å². The number of benzene rings is 1. The highest BCUT2D eigenvalue weighted by atomic mass is 35.5. The van der Waals surface area contributed by atoms with E-state index >= 15 is 0 Å². The number of rotatable bonds is 6. The summed E-state index contributed by atoms with van der Waals surface area (Å²) in [6.45, 7) is 1.71. The van der Waals surface area contributed by atoms with Crippen molar-refractivity contribution in [2.45, 2.75) is 16.0 Å². The van der Waals surface area contributed by atoms with Crippen molar-refractivity contribution in [3.8, 4) is 0 Å². The minimum absolute atomic E-state index is 0.0147. The summed E-state index contributed by atoms with van der Waals surface area (Å²) >= 11 is 6.84. The van der Waals surface area contributed by atoms with Gasteiger partial charge in [-0.3, -0.25) is 4.72 Å². The fraction of sp³-hybridized carbons (Fsp3) is 0.0667. The molecule has 12 heteroatoms. The molecule has 0 spiro atoms. The van der Waals surface area contributed by atoms with Crippen LogP contribution in [-0.2, 0) is 20.0 Å².